The number of hydrogen-bond acceptors (Lipinski definition) is 8. The first-order valence-corrected chi connectivity index (χ1v) is 20.6. The normalized spacial score (nSPS) is 14.5. The van der Waals surface area contributed by atoms with Crippen LogP contribution in [0.3, 0.4) is 0 Å². The van der Waals surface area contributed by atoms with Crippen molar-refractivity contribution in [3.8, 4) is 0 Å². The molecule has 0 bridgehead atoms. The van der Waals surface area contributed by atoms with Crippen LogP contribution in [0.4, 0.5) is 0 Å². The number of carbonyl (C=O) groups excluding carboxylic acids is 2. The van der Waals surface area contributed by atoms with Crippen molar-refractivity contribution in [3.05, 3.63) is 72.9 Å². The van der Waals surface area contributed by atoms with Crippen molar-refractivity contribution in [1.82, 2.24) is 0 Å². The Kier molecular flexibility index (Phi) is 31.6. The first-order valence-electron chi connectivity index (χ1n) is 19.2. The molecule has 0 spiro atoms. The molecule has 0 aliphatic carbocycles. The lowest BCUT2D eigenvalue weighted by atomic mass is 10.1. The lowest BCUT2D eigenvalue weighted by Crippen LogP contribution is -2.37. The van der Waals surface area contributed by atoms with Crippen LogP contribution in [0, 0.1) is 0 Å². The van der Waals surface area contributed by atoms with Gasteiger partial charge in [0.15, 0.2) is 6.10 Å². The van der Waals surface area contributed by atoms with Crippen molar-refractivity contribution < 1.29 is 42.1 Å². The van der Waals surface area contributed by atoms with Crippen LogP contribution < -0.4 is 4.89 Å². The van der Waals surface area contributed by atoms with Crippen molar-refractivity contribution in [2.24, 2.45) is 0 Å². The number of phosphoric acid groups is 1. The van der Waals surface area contributed by atoms with E-state index >= 15 is 0 Å². The van der Waals surface area contributed by atoms with Gasteiger partial charge in [0.25, 0.3) is 7.82 Å². The zero-order valence-corrected chi connectivity index (χ0v) is 33.4. The third-order valence-electron chi connectivity index (χ3n) is 7.53. The number of rotatable bonds is 33. The average molecular weight is 736 g/mol. The van der Waals surface area contributed by atoms with Gasteiger partial charge < -0.3 is 27.9 Å². The quantitative estimate of drug-likeness (QED) is 0.0164. The molecule has 0 N–H and O–H groups in total. The van der Waals surface area contributed by atoms with Crippen LogP contribution in [-0.4, -0.2) is 70.0 Å². The zero-order valence-electron chi connectivity index (χ0n) is 32.5. The lowest BCUT2D eigenvalue weighted by Gasteiger charge is -2.28. The first-order chi connectivity index (χ1) is 24.5. The van der Waals surface area contributed by atoms with E-state index in [1.165, 1.54) is 0 Å². The molecule has 51 heavy (non-hydrogen) atoms. The van der Waals surface area contributed by atoms with Gasteiger partial charge in [0, 0.05) is 12.8 Å². The number of carbonyl (C=O) groups is 2. The van der Waals surface area contributed by atoms with Crippen molar-refractivity contribution in [2.75, 3.05) is 47.5 Å². The minimum Gasteiger partial charge on any atom is -0.756 e. The smallest absolute Gasteiger partial charge is 0.306 e. The maximum absolute atomic E-state index is 12.6. The number of phosphoric ester groups is 1. The second-order valence-electron chi connectivity index (χ2n) is 13.6. The standard InChI is InChI=1S/C41H70NO8P/c1-6-8-10-12-14-16-18-20-22-23-25-27-29-31-33-40(43)47-37-39(38-49-51(45,46)48-36-35-42(3,4)5)50-41(44)34-32-30-28-26-24-21-19-17-15-13-11-9-7-2/h8-11,13-17,19-20,22,39H,6-7,12,18,21,23-38H2,1-5H3/b10-8+,11-9+,15-13+,16-14+,19-17+,22-20+. The summed E-state index contributed by atoms with van der Waals surface area (Å²) in [5, 5.41) is 0. The fourth-order valence-electron chi connectivity index (χ4n) is 4.55. The number of quaternary nitrogens is 1. The van der Waals surface area contributed by atoms with Gasteiger partial charge in [-0.25, -0.2) is 0 Å². The summed E-state index contributed by atoms with van der Waals surface area (Å²) in [6.45, 7) is 3.89. The van der Waals surface area contributed by atoms with Crippen LogP contribution in [0.25, 0.3) is 0 Å². The topological polar surface area (TPSA) is 111 Å². The van der Waals surface area contributed by atoms with Gasteiger partial charge in [-0.05, 0) is 64.2 Å². The molecule has 10 heteroatoms. The molecule has 0 aliphatic rings. The van der Waals surface area contributed by atoms with E-state index in [0.29, 0.717) is 23.9 Å². The molecule has 0 rings (SSSR count). The van der Waals surface area contributed by atoms with E-state index in [4.69, 9.17) is 18.5 Å². The van der Waals surface area contributed by atoms with Crippen molar-refractivity contribution in [2.45, 2.75) is 129 Å². The number of allylic oxidation sites excluding steroid dienone is 12. The maximum Gasteiger partial charge on any atom is 0.306 e. The van der Waals surface area contributed by atoms with E-state index in [9.17, 15) is 19.0 Å². The molecule has 0 fully saturated rings. The van der Waals surface area contributed by atoms with E-state index in [1.54, 1.807) is 0 Å². The lowest BCUT2D eigenvalue weighted by molar-refractivity contribution is -0.870. The number of hydrogen-bond donors (Lipinski definition) is 0. The predicted octanol–water partition coefficient (Wildman–Crippen LogP) is 9.66. The van der Waals surface area contributed by atoms with Gasteiger partial charge >= 0.3 is 11.9 Å². The number of unbranched alkanes of at least 4 members (excludes halogenated alkanes) is 9. The highest BCUT2D eigenvalue weighted by molar-refractivity contribution is 7.45. The highest BCUT2D eigenvalue weighted by Gasteiger charge is 2.21. The summed E-state index contributed by atoms with van der Waals surface area (Å²) in [5.74, 6) is -0.896. The molecule has 0 saturated carbocycles. The number of esters is 2. The summed E-state index contributed by atoms with van der Waals surface area (Å²) in [4.78, 5) is 37.3. The van der Waals surface area contributed by atoms with Crippen molar-refractivity contribution in [3.63, 3.8) is 0 Å². The molecule has 0 radical (unpaired) electrons. The summed E-state index contributed by atoms with van der Waals surface area (Å²) in [6.07, 6.45) is 39.3. The summed E-state index contributed by atoms with van der Waals surface area (Å²) in [7, 11) is 1.12. The Morgan fingerprint density at radius 1 is 0.627 bits per heavy atom. The minimum atomic E-state index is -4.63. The molecule has 292 valence electrons. The Bertz CT molecular complexity index is 1100. The SMILES string of the molecule is CC/C=C/C=C/C=C/CCCCCCCC(=O)OC(COC(=O)CCCCCC/C=C/C/C=C/C/C=C/CC)COP(=O)([O-])OCC[N+](C)(C)C. The average Bonchev–Trinajstić information content (AvgIpc) is 3.07. The molecule has 0 aliphatic heterocycles. The maximum atomic E-state index is 12.6. The van der Waals surface area contributed by atoms with E-state index in [2.05, 4.69) is 68.5 Å². The van der Waals surface area contributed by atoms with Gasteiger partial charge in [0.05, 0.1) is 27.7 Å². The second kappa shape index (κ2) is 33.3. The third kappa shape index (κ3) is 37.0. The van der Waals surface area contributed by atoms with Gasteiger partial charge in [-0.1, -0.05) is 119 Å². The number of ether oxygens (including phenoxy) is 2. The zero-order chi connectivity index (χ0) is 37.9. The predicted molar refractivity (Wildman–Crippen MR) is 208 cm³/mol. The van der Waals surface area contributed by atoms with Crippen LogP contribution >= 0.6 is 7.82 Å². The van der Waals surface area contributed by atoms with Crippen LogP contribution in [0.1, 0.15) is 123 Å². The Hall–Kier alpha value is -2.55. The molecule has 0 amide bonds. The molecule has 0 aromatic carbocycles. The largest absolute Gasteiger partial charge is 0.756 e. The molecule has 0 heterocycles. The number of nitrogens with zero attached hydrogens (tertiary/aromatic N) is 1. The van der Waals surface area contributed by atoms with Gasteiger partial charge in [-0.3, -0.25) is 14.2 Å². The molecular weight excluding hydrogens is 665 g/mol. The van der Waals surface area contributed by atoms with Crippen molar-refractivity contribution >= 4 is 19.8 Å². The fourth-order valence-corrected chi connectivity index (χ4v) is 5.28. The minimum absolute atomic E-state index is 0.0431. The van der Waals surface area contributed by atoms with Gasteiger partial charge in [0.1, 0.15) is 19.8 Å². The molecular formula is C41H70NO8P. The van der Waals surface area contributed by atoms with Crippen LogP contribution in [0.15, 0.2) is 72.9 Å². The molecule has 2 atom stereocenters. The summed E-state index contributed by atoms with van der Waals surface area (Å²) in [6, 6.07) is 0. The molecule has 9 nitrogen and oxygen atoms in total. The molecule has 0 saturated heterocycles. The van der Waals surface area contributed by atoms with Crippen molar-refractivity contribution in [1.29, 1.82) is 0 Å². The van der Waals surface area contributed by atoms with Gasteiger partial charge in [-0.15, -0.1) is 0 Å². The molecule has 0 aromatic rings. The van der Waals surface area contributed by atoms with E-state index in [1.807, 2.05) is 39.4 Å². The summed E-state index contributed by atoms with van der Waals surface area (Å²) >= 11 is 0. The number of likely N-dealkylation sites (N-methyl/N-ethyl adjacent to an activating group) is 1. The van der Waals surface area contributed by atoms with E-state index in [-0.39, 0.29) is 26.1 Å². The van der Waals surface area contributed by atoms with Gasteiger partial charge in [-0.2, -0.15) is 0 Å². The fraction of sp³-hybridized carbons (Fsp3) is 0.659. The summed E-state index contributed by atoms with van der Waals surface area (Å²) < 4.78 is 33.7. The van der Waals surface area contributed by atoms with Crippen LogP contribution in [0.2, 0.25) is 0 Å². The monoisotopic (exact) mass is 735 g/mol. The first kappa shape index (κ1) is 48.5. The van der Waals surface area contributed by atoms with Crippen LogP contribution in [0.5, 0.6) is 0 Å². The Morgan fingerprint density at radius 3 is 1.78 bits per heavy atom. The Morgan fingerprint density at radius 2 is 1.16 bits per heavy atom. The molecule has 0 aromatic heterocycles. The van der Waals surface area contributed by atoms with E-state index < -0.39 is 32.5 Å². The molecule has 2 unspecified atom stereocenters. The third-order valence-corrected chi connectivity index (χ3v) is 8.50. The second-order valence-corrected chi connectivity index (χ2v) is 15.0. The highest BCUT2D eigenvalue weighted by atomic mass is 31.2. The summed E-state index contributed by atoms with van der Waals surface area (Å²) in [5.41, 5.74) is 0. The van der Waals surface area contributed by atoms with Gasteiger partial charge in [0.2, 0.25) is 0 Å². The van der Waals surface area contributed by atoms with E-state index in [0.717, 1.165) is 83.5 Å². The Labute approximate surface area is 310 Å². The van der Waals surface area contributed by atoms with Crippen LogP contribution in [-0.2, 0) is 32.7 Å². The Balaban J connectivity index is 4.52. The highest BCUT2D eigenvalue weighted by Crippen LogP contribution is 2.38.